The average Bonchev–Trinajstić information content (AvgIpc) is 2.76. The van der Waals surface area contributed by atoms with Crippen LogP contribution in [0.4, 0.5) is 10.1 Å². The molecule has 0 N–H and O–H groups in total. The molecule has 0 spiro atoms. The lowest BCUT2D eigenvalue weighted by Crippen LogP contribution is -2.48. The summed E-state index contributed by atoms with van der Waals surface area (Å²) in [5, 5.41) is 0. The van der Waals surface area contributed by atoms with Gasteiger partial charge in [0.05, 0.1) is 19.4 Å². The summed E-state index contributed by atoms with van der Waals surface area (Å²) in [5.74, 6) is 1.06. The molecular weight excluding hydrogens is 371 g/mol. The molecule has 1 amide bonds. The molecule has 0 bridgehead atoms. The monoisotopic (exact) mass is 398 g/mol. The Labute approximate surface area is 171 Å². The fraction of sp³-hybridized carbons (Fsp3) is 0.348. The molecule has 2 aromatic carbocycles. The highest BCUT2D eigenvalue weighted by Crippen LogP contribution is 2.28. The molecule has 1 fully saturated rings. The van der Waals surface area contributed by atoms with Gasteiger partial charge in [-0.2, -0.15) is 0 Å². The van der Waals surface area contributed by atoms with E-state index in [4.69, 9.17) is 9.47 Å². The second-order valence-corrected chi connectivity index (χ2v) is 6.86. The van der Waals surface area contributed by atoms with Gasteiger partial charge in [-0.15, -0.1) is 0 Å². The van der Waals surface area contributed by atoms with Crippen LogP contribution in [0.5, 0.6) is 11.5 Å². The third-order valence-corrected chi connectivity index (χ3v) is 4.85. The van der Waals surface area contributed by atoms with E-state index in [0.717, 1.165) is 12.0 Å². The molecule has 0 atom stereocenters. The SMILES string of the molecule is CCCOc1ccc(/C=C/C(=O)N2CCN(c3ccccc3F)CC2)cc1OC. The number of amides is 1. The number of anilines is 1. The smallest absolute Gasteiger partial charge is 0.246 e. The molecule has 1 aliphatic heterocycles. The Balaban J connectivity index is 1.58. The maximum Gasteiger partial charge on any atom is 0.246 e. The molecule has 6 heteroatoms. The summed E-state index contributed by atoms with van der Waals surface area (Å²) in [7, 11) is 1.60. The number of carbonyl (C=O) groups excluding carboxylic acids is 1. The summed E-state index contributed by atoms with van der Waals surface area (Å²) in [6.45, 7) is 5.01. The van der Waals surface area contributed by atoms with E-state index in [1.54, 1.807) is 36.3 Å². The maximum atomic E-state index is 13.9. The van der Waals surface area contributed by atoms with Gasteiger partial charge in [0.2, 0.25) is 5.91 Å². The van der Waals surface area contributed by atoms with E-state index in [2.05, 4.69) is 0 Å². The number of para-hydroxylation sites is 1. The van der Waals surface area contributed by atoms with Crippen molar-refractivity contribution in [3.8, 4) is 11.5 Å². The van der Waals surface area contributed by atoms with Crippen LogP contribution in [0.25, 0.3) is 6.08 Å². The van der Waals surface area contributed by atoms with Crippen LogP contribution in [0.3, 0.4) is 0 Å². The van der Waals surface area contributed by atoms with Crippen molar-refractivity contribution in [3.05, 3.63) is 59.9 Å². The third-order valence-electron chi connectivity index (χ3n) is 4.85. The van der Waals surface area contributed by atoms with Crippen LogP contribution < -0.4 is 14.4 Å². The van der Waals surface area contributed by atoms with Crippen LogP contribution in [0.1, 0.15) is 18.9 Å². The molecular formula is C23H27FN2O3. The van der Waals surface area contributed by atoms with Crippen molar-refractivity contribution < 1.29 is 18.7 Å². The van der Waals surface area contributed by atoms with E-state index in [0.29, 0.717) is 50.0 Å². The topological polar surface area (TPSA) is 42.0 Å². The largest absolute Gasteiger partial charge is 0.493 e. The summed E-state index contributed by atoms with van der Waals surface area (Å²) < 4.78 is 25.0. The van der Waals surface area contributed by atoms with Crippen molar-refractivity contribution in [2.24, 2.45) is 0 Å². The van der Waals surface area contributed by atoms with Crippen molar-refractivity contribution >= 4 is 17.7 Å². The lowest BCUT2D eigenvalue weighted by Gasteiger charge is -2.35. The Morgan fingerprint density at radius 2 is 1.86 bits per heavy atom. The first-order valence-corrected chi connectivity index (χ1v) is 9.89. The quantitative estimate of drug-likeness (QED) is 0.662. The maximum absolute atomic E-state index is 13.9. The van der Waals surface area contributed by atoms with Gasteiger partial charge in [-0.05, 0) is 42.3 Å². The molecule has 0 saturated carbocycles. The van der Waals surface area contributed by atoms with Crippen molar-refractivity contribution in [2.45, 2.75) is 13.3 Å². The molecule has 3 rings (SSSR count). The van der Waals surface area contributed by atoms with Crippen LogP contribution in [0, 0.1) is 5.82 Å². The van der Waals surface area contributed by atoms with Crippen molar-refractivity contribution in [1.82, 2.24) is 4.90 Å². The predicted octanol–water partition coefficient (Wildman–Crippen LogP) is 3.99. The standard InChI is InChI=1S/C23H27FN2O3/c1-3-16-29-21-10-8-18(17-22(21)28-2)9-11-23(27)26-14-12-25(13-15-26)20-7-5-4-6-19(20)24/h4-11,17H,3,12-16H2,1-2H3/b11-9+. The van der Waals surface area contributed by atoms with Gasteiger partial charge < -0.3 is 19.3 Å². The minimum atomic E-state index is -0.229. The first-order chi connectivity index (χ1) is 14.1. The van der Waals surface area contributed by atoms with Gasteiger partial charge in [-0.25, -0.2) is 4.39 Å². The Morgan fingerprint density at radius 3 is 2.55 bits per heavy atom. The summed E-state index contributed by atoms with van der Waals surface area (Å²) in [6, 6.07) is 12.3. The number of halogens is 1. The number of carbonyl (C=O) groups is 1. The molecule has 2 aromatic rings. The van der Waals surface area contributed by atoms with Gasteiger partial charge in [0.15, 0.2) is 11.5 Å². The second kappa shape index (κ2) is 9.96. The Morgan fingerprint density at radius 1 is 1.10 bits per heavy atom. The van der Waals surface area contributed by atoms with Crippen molar-refractivity contribution in [2.75, 3.05) is 44.8 Å². The third kappa shape index (κ3) is 5.28. The highest BCUT2D eigenvalue weighted by molar-refractivity contribution is 5.92. The van der Waals surface area contributed by atoms with E-state index >= 15 is 0 Å². The van der Waals surface area contributed by atoms with Crippen LogP contribution in [0.2, 0.25) is 0 Å². The summed E-state index contributed by atoms with van der Waals surface area (Å²) in [5.41, 5.74) is 1.46. The van der Waals surface area contributed by atoms with Crippen molar-refractivity contribution in [3.63, 3.8) is 0 Å². The van der Waals surface area contributed by atoms with Gasteiger partial charge in [0.1, 0.15) is 5.82 Å². The van der Waals surface area contributed by atoms with Crippen LogP contribution in [0.15, 0.2) is 48.5 Å². The van der Waals surface area contributed by atoms with Gasteiger partial charge in [-0.3, -0.25) is 4.79 Å². The molecule has 154 valence electrons. The number of ether oxygens (including phenoxy) is 2. The lowest BCUT2D eigenvalue weighted by molar-refractivity contribution is -0.126. The van der Waals surface area contributed by atoms with Gasteiger partial charge >= 0.3 is 0 Å². The number of hydrogen-bond donors (Lipinski definition) is 0. The number of piperazine rings is 1. The first kappa shape index (κ1) is 20.7. The van der Waals surface area contributed by atoms with Gasteiger partial charge in [0.25, 0.3) is 0 Å². The molecule has 0 unspecified atom stereocenters. The average molecular weight is 398 g/mol. The Kier molecular flexibility index (Phi) is 7.11. The highest BCUT2D eigenvalue weighted by Gasteiger charge is 2.21. The van der Waals surface area contributed by atoms with Gasteiger partial charge in [0, 0.05) is 32.3 Å². The van der Waals surface area contributed by atoms with E-state index < -0.39 is 0 Å². The summed E-state index contributed by atoms with van der Waals surface area (Å²) in [6.07, 6.45) is 4.27. The fourth-order valence-corrected chi connectivity index (χ4v) is 3.27. The summed E-state index contributed by atoms with van der Waals surface area (Å²) >= 11 is 0. The molecule has 5 nitrogen and oxygen atoms in total. The molecule has 1 heterocycles. The fourth-order valence-electron chi connectivity index (χ4n) is 3.27. The number of methoxy groups -OCH3 is 1. The minimum Gasteiger partial charge on any atom is -0.493 e. The molecule has 0 aliphatic carbocycles. The summed E-state index contributed by atoms with van der Waals surface area (Å²) in [4.78, 5) is 16.3. The van der Waals surface area contributed by atoms with Crippen LogP contribution in [-0.4, -0.2) is 50.7 Å². The van der Waals surface area contributed by atoms with E-state index in [-0.39, 0.29) is 11.7 Å². The Hall–Kier alpha value is -3.02. The lowest BCUT2D eigenvalue weighted by atomic mass is 10.1. The van der Waals surface area contributed by atoms with E-state index in [9.17, 15) is 9.18 Å². The number of hydrogen-bond acceptors (Lipinski definition) is 4. The molecule has 29 heavy (non-hydrogen) atoms. The molecule has 0 radical (unpaired) electrons. The van der Waals surface area contributed by atoms with Crippen molar-refractivity contribution in [1.29, 1.82) is 0 Å². The number of rotatable bonds is 7. The zero-order chi connectivity index (χ0) is 20.6. The molecule has 1 saturated heterocycles. The minimum absolute atomic E-state index is 0.0524. The highest BCUT2D eigenvalue weighted by atomic mass is 19.1. The Bertz CT molecular complexity index is 861. The molecule has 0 aromatic heterocycles. The zero-order valence-electron chi connectivity index (χ0n) is 16.9. The number of nitrogens with zero attached hydrogens (tertiary/aromatic N) is 2. The van der Waals surface area contributed by atoms with E-state index in [1.165, 1.54) is 6.07 Å². The predicted molar refractivity (Wildman–Crippen MR) is 113 cm³/mol. The first-order valence-electron chi connectivity index (χ1n) is 9.89. The zero-order valence-corrected chi connectivity index (χ0v) is 16.9. The van der Waals surface area contributed by atoms with Crippen LogP contribution in [-0.2, 0) is 4.79 Å². The van der Waals surface area contributed by atoms with E-state index in [1.807, 2.05) is 36.1 Å². The molecule has 1 aliphatic rings. The van der Waals surface area contributed by atoms with Gasteiger partial charge in [-0.1, -0.05) is 25.1 Å². The van der Waals surface area contributed by atoms with Crippen LogP contribution >= 0.6 is 0 Å². The normalized spacial score (nSPS) is 14.3. The number of benzene rings is 2. The second-order valence-electron chi connectivity index (χ2n) is 6.86.